The van der Waals surface area contributed by atoms with Crippen molar-refractivity contribution in [3.05, 3.63) is 10.4 Å². The largest absolute Gasteiger partial charge is 0.304 e. The van der Waals surface area contributed by atoms with Crippen LogP contribution >= 0.6 is 11.8 Å². The molecule has 0 aliphatic carbocycles. The zero-order valence-electron chi connectivity index (χ0n) is 5.82. The van der Waals surface area contributed by atoms with Gasteiger partial charge in [-0.15, -0.1) is 11.8 Å². The third-order valence-electron chi connectivity index (χ3n) is 1.34. The molecule has 5 heteroatoms. The van der Waals surface area contributed by atoms with Crippen molar-refractivity contribution in [2.45, 2.75) is 17.5 Å². The Kier molecular flexibility index (Phi) is 2.86. The van der Waals surface area contributed by atoms with Gasteiger partial charge in [-0.1, -0.05) is 12.0 Å². The van der Waals surface area contributed by atoms with Crippen molar-refractivity contribution in [3.63, 3.8) is 0 Å². The second-order valence-corrected chi connectivity index (χ2v) is 3.90. The van der Waals surface area contributed by atoms with E-state index in [1.165, 1.54) is 0 Å². The molecule has 0 aromatic heterocycles. The molecule has 1 aliphatic heterocycles. The highest BCUT2D eigenvalue weighted by Crippen LogP contribution is 2.21. The minimum absolute atomic E-state index is 0.339. The summed E-state index contributed by atoms with van der Waals surface area (Å²) in [6.07, 6.45) is 0. The van der Waals surface area contributed by atoms with E-state index in [4.69, 9.17) is 5.53 Å². The van der Waals surface area contributed by atoms with Gasteiger partial charge >= 0.3 is 0 Å². The predicted octanol–water partition coefficient (Wildman–Crippen LogP) is 1.35. The lowest BCUT2D eigenvalue weighted by Gasteiger charge is -2.02. The van der Waals surface area contributed by atoms with Crippen molar-refractivity contribution in [3.8, 4) is 0 Å². The molecule has 1 saturated heterocycles. The van der Waals surface area contributed by atoms with Crippen LogP contribution in [0.25, 0.3) is 10.4 Å². The Balaban J connectivity index is 2.24. The molecule has 0 bridgehead atoms. The van der Waals surface area contributed by atoms with Crippen LogP contribution in [0.4, 0.5) is 0 Å². The van der Waals surface area contributed by atoms with E-state index in [1.54, 1.807) is 0 Å². The molecule has 2 atom stereocenters. The molecule has 0 aromatic rings. The Morgan fingerprint density at radius 3 is 3.20 bits per heavy atom. The average Bonchev–Trinajstić information content (AvgIpc) is 2.31. The number of nitrogens with one attached hydrogen (secondary N) is 1. The third kappa shape index (κ3) is 2.10. The maximum atomic E-state index is 8.01. The molecule has 1 aliphatic rings. The van der Waals surface area contributed by atoms with Crippen LogP contribution < -0.4 is 5.32 Å². The van der Waals surface area contributed by atoms with Crippen molar-refractivity contribution < 1.29 is 0 Å². The van der Waals surface area contributed by atoms with Crippen molar-refractivity contribution in [1.29, 1.82) is 0 Å². The zero-order chi connectivity index (χ0) is 7.40. The fourth-order valence-electron chi connectivity index (χ4n) is 0.892. The van der Waals surface area contributed by atoms with Gasteiger partial charge in [0.25, 0.3) is 0 Å². The van der Waals surface area contributed by atoms with Crippen LogP contribution in [-0.4, -0.2) is 23.7 Å². The molecule has 2 unspecified atom stereocenters. The van der Waals surface area contributed by atoms with Gasteiger partial charge in [0.1, 0.15) is 0 Å². The molecular weight excluding hydrogens is 148 g/mol. The molecule has 1 N–H and O–H groups in total. The first-order valence-electron chi connectivity index (χ1n) is 3.22. The first kappa shape index (κ1) is 7.72. The lowest BCUT2D eigenvalue weighted by molar-refractivity contribution is 0.691. The number of thioether (sulfide) groups is 1. The highest BCUT2D eigenvalue weighted by Gasteiger charge is 2.19. The highest BCUT2D eigenvalue weighted by molar-refractivity contribution is 8.00. The van der Waals surface area contributed by atoms with Crippen molar-refractivity contribution >= 4 is 11.8 Å². The molecular formula is C5H10N4S. The van der Waals surface area contributed by atoms with Crippen LogP contribution in [0.2, 0.25) is 0 Å². The SMILES string of the molecule is CC1CNC(CN=[N+]=[N-])S1. The van der Waals surface area contributed by atoms with E-state index in [-0.39, 0.29) is 0 Å². The van der Waals surface area contributed by atoms with Crippen molar-refractivity contribution in [2.24, 2.45) is 5.11 Å². The van der Waals surface area contributed by atoms with Gasteiger partial charge in [-0.25, -0.2) is 0 Å². The van der Waals surface area contributed by atoms with E-state index >= 15 is 0 Å². The molecule has 0 amide bonds. The Bertz CT molecular complexity index is 154. The summed E-state index contributed by atoms with van der Waals surface area (Å²) >= 11 is 1.83. The van der Waals surface area contributed by atoms with Gasteiger partial charge < -0.3 is 5.32 Å². The quantitative estimate of drug-likeness (QED) is 0.374. The summed E-state index contributed by atoms with van der Waals surface area (Å²) in [5.41, 5.74) is 8.01. The first-order valence-corrected chi connectivity index (χ1v) is 4.17. The van der Waals surface area contributed by atoms with Gasteiger partial charge in [0.05, 0.1) is 11.9 Å². The van der Waals surface area contributed by atoms with Gasteiger partial charge in [-0.2, -0.15) is 0 Å². The molecule has 0 radical (unpaired) electrons. The standard InChI is InChI=1S/C5H10N4S/c1-4-2-7-5(10-4)3-8-9-6/h4-5,7H,2-3H2,1H3. The Labute approximate surface area is 64.0 Å². The van der Waals surface area contributed by atoms with E-state index in [2.05, 4.69) is 22.3 Å². The Morgan fingerprint density at radius 1 is 1.90 bits per heavy atom. The topological polar surface area (TPSA) is 60.8 Å². The van der Waals surface area contributed by atoms with Crippen LogP contribution in [0, 0.1) is 0 Å². The molecule has 10 heavy (non-hydrogen) atoms. The number of hydrogen-bond acceptors (Lipinski definition) is 3. The molecule has 56 valence electrons. The second kappa shape index (κ2) is 3.71. The third-order valence-corrected chi connectivity index (χ3v) is 2.62. The fraction of sp³-hybridized carbons (Fsp3) is 1.00. The Hall–Kier alpha value is -0.380. The first-order chi connectivity index (χ1) is 4.83. The average molecular weight is 158 g/mol. The molecule has 1 fully saturated rings. The molecule has 1 heterocycles. The fourth-order valence-corrected chi connectivity index (χ4v) is 1.99. The molecule has 4 nitrogen and oxygen atoms in total. The smallest absolute Gasteiger partial charge is 0.0592 e. The molecule has 0 aromatic carbocycles. The van der Waals surface area contributed by atoms with Crippen LogP contribution in [0.1, 0.15) is 6.92 Å². The molecule has 0 spiro atoms. The maximum absolute atomic E-state index is 8.01. The van der Waals surface area contributed by atoms with Crippen LogP contribution in [0.3, 0.4) is 0 Å². The van der Waals surface area contributed by atoms with Gasteiger partial charge in [0.15, 0.2) is 0 Å². The van der Waals surface area contributed by atoms with E-state index < -0.39 is 0 Å². The summed E-state index contributed by atoms with van der Waals surface area (Å²) in [7, 11) is 0. The van der Waals surface area contributed by atoms with Gasteiger partial charge in [0, 0.05) is 16.7 Å². The number of hydrogen-bond donors (Lipinski definition) is 1. The normalized spacial score (nSPS) is 31.7. The van der Waals surface area contributed by atoms with E-state index in [0.717, 1.165) is 6.54 Å². The lowest BCUT2D eigenvalue weighted by atomic mass is 10.5. The second-order valence-electron chi connectivity index (χ2n) is 2.26. The summed E-state index contributed by atoms with van der Waals surface area (Å²) in [6, 6.07) is 0. The molecule has 0 saturated carbocycles. The Morgan fingerprint density at radius 2 is 2.70 bits per heavy atom. The van der Waals surface area contributed by atoms with E-state index in [1.807, 2.05) is 11.8 Å². The predicted molar refractivity (Wildman–Crippen MR) is 42.9 cm³/mol. The highest BCUT2D eigenvalue weighted by atomic mass is 32.2. The summed E-state index contributed by atoms with van der Waals surface area (Å²) in [4.78, 5) is 2.70. The monoisotopic (exact) mass is 158 g/mol. The number of nitrogens with zero attached hydrogens (tertiary/aromatic N) is 3. The molecule has 1 rings (SSSR count). The van der Waals surface area contributed by atoms with Crippen LogP contribution in [0.5, 0.6) is 0 Å². The van der Waals surface area contributed by atoms with Crippen LogP contribution in [0.15, 0.2) is 5.11 Å². The summed E-state index contributed by atoms with van der Waals surface area (Å²) in [5.74, 6) is 0. The lowest BCUT2D eigenvalue weighted by Crippen LogP contribution is -2.22. The zero-order valence-corrected chi connectivity index (χ0v) is 6.64. The number of rotatable bonds is 2. The summed E-state index contributed by atoms with van der Waals surface area (Å²) in [5, 5.41) is 7.72. The van der Waals surface area contributed by atoms with E-state index in [0.29, 0.717) is 17.2 Å². The van der Waals surface area contributed by atoms with Crippen molar-refractivity contribution in [1.82, 2.24) is 5.32 Å². The summed E-state index contributed by atoms with van der Waals surface area (Å²) < 4.78 is 0. The summed E-state index contributed by atoms with van der Waals surface area (Å²) in [6.45, 7) is 3.75. The minimum Gasteiger partial charge on any atom is -0.304 e. The van der Waals surface area contributed by atoms with Gasteiger partial charge in [0.2, 0.25) is 0 Å². The van der Waals surface area contributed by atoms with Gasteiger partial charge in [-0.05, 0) is 5.53 Å². The minimum atomic E-state index is 0.339. The maximum Gasteiger partial charge on any atom is 0.0592 e. The van der Waals surface area contributed by atoms with E-state index in [9.17, 15) is 0 Å². The van der Waals surface area contributed by atoms with Gasteiger partial charge in [-0.3, -0.25) is 0 Å². The number of azide groups is 1. The van der Waals surface area contributed by atoms with Crippen molar-refractivity contribution in [2.75, 3.05) is 13.1 Å². The van der Waals surface area contributed by atoms with Crippen LogP contribution in [-0.2, 0) is 0 Å².